The summed E-state index contributed by atoms with van der Waals surface area (Å²) in [5.74, 6) is -0.816. The van der Waals surface area contributed by atoms with Crippen LogP contribution < -0.4 is 5.32 Å². The molecule has 0 aliphatic carbocycles. The molecule has 0 spiro atoms. The molecule has 5 heteroatoms. The summed E-state index contributed by atoms with van der Waals surface area (Å²) in [4.78, 5) is 14.0. The van der Waals surface area contributed by atoms with Crippen molar-refractivity contribution >= 4 is 11.6 Å². The van der Waals surface area contributed by atoms with Gasteiger partial charge in [0.1, 0.15) is 11.6 Å². The smallest absolute Gasteiger partial charge is 0.241 e. The summed E-state index contributed by atoms with van der Waals surface area (Å²) < 4.78 is 25.7. The highest BCUT2D eigenvalue weighted by atomic mass is 19.1. The third-order valence-electron chi connectivity index (χ3n) is 3.50. The Bertz CT molecular complexity index is 626. The molecule has 0 saturated carbocycles. The minimum absolute atomic E-state index is 0.184. The van der Waals surface area contributed by atoms with Gasteiger partial charge in [0.2, 0.25) is 5.91 Å². The Labute approximate surface area is 128 Å². The summed E-state index contributed by atoms with van der Waals surface area (Å²) >= 11 is 0. The van der Waals surface area contributed by atoms with E-state index in [1.165, 1.54) is 36.4 Å². The first kappa shape index (κ1) is 16.1. The molecule has 0 aliphatic heterocycles. The molecule has 116 valence electrons. The van der Waals surface area contributed by atoms with Crippen LogP contribution in [0.3, 0.4) is 0 Å². The molecule has 1 atom stereocenters. The Morgan fingerprint density at radius 2 is 1.55 bits per heavy atom. The zero-order valence-corrected chi connectivity index (χ0v) is 12.5. The first-order valence-electron chi connectivity index (χ1n) is 6.97. The van der Waals surface area contributed by atoms with Gasteiger partial charge in [-0.25, -0.2) is 8.78 Å². The standard InChI is InChI=1S/C17H18F2N2O/c1-12(17(22)20-16-9-7-15(19)8-10-16)21(2)11-13-3-5-14(18)6-4-13/h3-10,12H,11H2,1-2H3,(H,20,22)/t12-/m1/s1. The predicted octanol–water partition coefficient (Wildman–Crippen LogP) is 3.42. The number of hydrogen-bond acceptors (Lipinski definition) is 2. The summed E-state index contributed by atoms with van der Waals surface area (Å²) in [6, 6.07) is 11.4. The van der Waals surface area contributed by atoms with Gasteiger partial charge in [-0.3, -0.25) is 9.69 Å². The number of hydrogen-bond donors (Lipinski definition) is 1. The summed E-state index contributed by atoms with van der Waals surface area (Å²) in [6.07, 6.45) is 0. The van der Waals surface area contributed by atoms with Crippen LogP contribution in [0.25, 0.3) is 0 Å². The van der Waals surface area contributed by atoms with E-state index in [0.717, 1.165) is 5.56 Å². The number of carbonyl (C=O) groups is 1. The molecule has 1 N–H and O–H groups in total. The van der Waals surface area contributed by atoms with E-state index in [1.807, 2.05) is 11.9 Å². The highest BCUT2D eigenvalue weighted by molar-refractivity contribution is 5.94. The van der Waals surface area contributed by atoms with Crippen LogP contribution in [-0.2, 0) is 11.3 Å². The Kier molecular flexibility index (Phi) is 5.22. The molecule has 2 aromatic carbocycles. The maximum Gasteiger partial charge on any atom is 0.241 e. The van der Waals surface area contributed by atoms with Gasteiger partial charge >= 0.3 is 0 Å². The highest BCUT2D eigenvalue weighted by Crippen LogP contribution is 2.12. The van der Waals surface area contributed by atoms with Crippen LogP contribution in [0.4, 0.5) is 14.5 Å². The number of halogens is 2. The minimum atomic E-state index is -0.380. The fourth-order valence-corrected chi connectivity index (χ4v) is 1.99. The second kappa shape index (κ2) is 7.13. The van der Waals surface area contributed by atoms with E-state index in [4.69, 9.17) is 0 Å². The van der Waals surface area contributed by atoms with Crippen molar-refractivity contribution in [2.24, 2.45) is 0 Å². The van der Waals surface area contributed by atoms with Crippen LogP contribution in [0.1, 0.15) is 12.5 Å². The number of likely N-dealkylation sites (N-methyl/N-ethyl adjacent to an activating group) is 1. The van der Waals surface area contributed by atoms with Gasteiger partial charge in [-0.1, -0.05) is 12.1 Å². The van der Waals surface area contributed by atoms with Gasteiger partial charge in [0, 0.05) is 12.2 Å². The molecule has 3 nitrogen and oxygen atoms in total. The molecule has 0 unspecified atom stereocenters. The van der Waals surface area contributed by atoms with Crippen molar-refractivity contribution in [3.05, 3.63) is 65.7 Å². The quantitative estimate of drug-likeness (QED) is 0.918. The van der Waals surface area contributed by atoms with Crippen LogP contribution in [0.5, 0.6) is 0 Å². The summed E-state index contributed by atoms with van der Waals surface area (Å²) in [5.41, 5.74) is 1.47. The first-order valence-corrected chi connectivity index (χ1v) is 6.97. The van der Waals surface area contributed by atoms with E-state index in [1.54, 1.807) is 19.1 Å². The Balaban J connectivity index is 1.94. The Morgan fingerprint density at radius 3 is 2.09 bits per heavy atom. The lowest BCUT2D eigenvalue weighted by Gasteiger charge is -2.24. The average Bonchev–Trinajstić information content (AvgIpc) is 2.51. The number of nitrogens with zero attached hydrogens (tertiary/aromatic N) is 1. The van der Waals surface area contributed by atoms with Crippen LogP contribution in [-0.4, -0.2) is 23.9 Å². The zero-order chi connectivity index (χ0) is 16.1. The monoisotopic (exact) mass is 304 g/mol. The summed E-state index contributed by atoms with van der Waals surface area (Å²) in [7, 11) is 1.82. The van der Waals surface area contributed by atoms with E-state index < -0.39 is 0 Å². The van der Waals surface area contributed by atoms with E-state index in [9.17, 15) is 13.6 Å². The molecule has 0 aromatic heterocycles. The highest BCUT2D eigenvalue weighted by Gasteiger charge is 2.18. The zero-order valence-electron chi connectivity index (χ0n) is 12.5. The number of rotatable bonds is 5. The van der Waals surface area contributed by atoms with Gasteiger partial charge in [0.05, 0.1) is 6.04 Å². The molecule has 1 amide bonds. The SMILES string of the molecule is C[C@H](C(=O)Nc1ccc(F)cc1)N(C)Cc1ccc(F)cc1. The molecule has 0 saturated heterocycles. The summed E-state index contributed by atoms with van der Waals surface area (Å²) in [5, 5.41) is 2.74. The van der Waals surface area contributed by atoms with Crippen LogP contribution >= 0.6 is 0 Å². The topological polar surface area (TPSA) is 32.3 Å². The maximum absolute atomic E-state index is 12.9. The molecule has 2 aromatic rings. The Morgan fingerprint density at radius 1 is 1.05 bits per heavy atom. The first-order chi connectivity index (χ1) is 10.5. The number of carbonyl (C=O) groups excluding carboxylic acids is 1. The second-order valence-electron chi connectivity index (χ2n) is 5.21. The number of nitrogens with one attached hydrogen (secondary N) is 1. The van der Waals surface area contributed by atoms with Gasteiger partial charge in [-0.15, -0.1) is 0 Å². The van der Waals surface area contributed by atoms with Crippen LogP contribution in [0, 0.1) is 11.6 Å². The van der Waals surface area contributed by atoms with Crippen molar-refractivity contribution in [3.63, 3.8) is 0 Å². The van der Waals surface area contributed by atoms with Crippen LogP contribution in [0.15, 0.2) is 48.5 Å². The Hall–Kier alpha value is -2.27. The van der Waals surface area contributed by atoms with Crippen molar-refractivity contribution in [1.82, 2.24) is 4.90 Å². The van der Waals surface area contributed by atoms with Gasteiger partial charge in [0.25, 0.3) is 0 Å². The van der Waals surface area contributed by atoms with Gasteiger partial charge < -0.3 is 5.32 Å². The van der Waals surface area contributed by atoms with Crippen molar-refractivity contribution in [3.8, 4) is 0 Å². The predicted molar refractivity (Wildman–Crippen MR) is 82.4 cm³/mol. The number of amides is 1. The third kappa shape index (κ3) is 4.36. The van der Waals surface area contributed by atoms with Crippen molar-refractivity contribution in [2.45, 2.75) is 19.5 Å². The lowest BCUT2D eigenvalue weighted by molar-refractivity contribution is -0.120. The third-order valence-corrected chi connectivity index (χ3v) is 3.50. The molecule has 2 rings (SSSR count). The second-order valence-corrected chi connectivity index (χ2v) is 5.21. The van der Waals surface area contributed by atoms with Crippen LogP contribution in [0.2, 0.25) is 0 Å². The minimum Gasteiger partial charge on any atom is -0.325 e. The average molecular weight is 304 g/mol. The van der Waals surface area contributed by atoms with Gasteiger partial charge in [0.15, 0.2) is 0 Å². The number of benzene rings is 2. The molecule has 0 fully saturated rings. The fraction of sp³-hybridized carbons (Fsp3) is 0.235. The lowest BCUT2D eigenvalue weighted by atomic mass is 10.2. The van der Waals surface area contributed by atoms with Crippen molar-refractivity contribution in [1.29, 1.82) is 0 Å². The van der Waals surface area contributed by atoms with E-state index in [0.29, 0.717) is 12.2 Å². The molecular formula is C17H18F2N2O. The number of anilines is 1. The molecule has 0 radical (unpaired) electrons. The fourth-order valence-electron chi connectivity index (χ4n) is 1.99. The van der Waals surface area contributed by atoms with E-state index in [2.05, 4.69) is 5.32 Å². The van der Waals surface area contributed by atoms with Gasteiger partial charge in [-0.05, 0) is 55.9 Å². The molecule has 0 heterocycles. The molecule has 0 aliphatic rings. The molecule has 0 bridgehead atoms. The normalized spacial score (nSPS) is 12.2. The summed E-state index contributed by atoms with van der Waals surface area (Å²) in [6.45, 7) is 2.31. The van der Waals surface area contributed by atoms with Crippen molar-refractivity contribution in [2.75, 3.05) is 12.4 Å². The van der Waals surface area contributed by atoms with Gasteiger partial charge in [-0.2, -0.15) is 0 Å². The maximum atomic E-state index is 12.9. The largest absolute Gasteiger partial charge is 0.325 e. The van der Waals surface area contributed by atoms with Crippen molar-refractivity contribution < 1.29 is 13.6 Å². The lowest BCUT2D eigenvalue weighted by Crippen LogP contribution is -2.39. The van der Waals surface area contributed by atoms with E-state index in [-0.39, 0.29) is 23.6 Å². The van der Waals surface area contributed by atoms with E-state index >= 15 is 0 Å². The molecular weight excluding hydrogens is 286 g/mol. The molecule has 22 heavy (non-hydrogen) atoms.